The van der Waals surface area contributed by atoms with Gasteiger partial charge in [0.05, 0.1) is 30.9 Å². The molecule has 4 heterocycles. The van der Waals surface area contributed by atoms with E-state index in [4.69, 9.17) is 4.74 Å². The number of pyridine rings is 1. The molecule has 1 aromatic heterocycles. The Balaban J connectivity index is 1.47. The summed E-state index contributed by atoms with van der Waals surface area (Å²) >= 11 is 0. The van der Waals surface area contributed by atoms with Crippen LogP contribution in [-0.2, 0) is 4.74 Å². The van der Waals surface area contributed by atoms with E-state index in [1.165, 1.54) is 0 Å². The Labute approximate surface area is 155 Å². The molecule has 2 atom stereocenters. The quantitative estimate of drug-likeness (QED) is 0.856. The lowest BCUT2D eigenvalue weighted by Gasteiger charge is -2.38. The smallest absolute Gasteiger partial charge is 0.257 e. The monoisotopic (exact) mass is 359 g/mol. The zero-order chi connectivity index (χ0) is 17.9. The number of likely N-dealkylation sites (N-methyl/N-ethyl adjacent to an activating group) is 1. The highest BCUT2D eigenvalue weighted by molar-refractivity contribution is 5.98. The summed E-state index contributed by atoms with van der Waals surface area (Å²) in [6.45, 7) is 7.40. The van der Waals surface area contributed by atoms with Crippen LogP contribution < -0.4 is 5.32 Å². The van der Waals surface area contributed by atoms with E-state index in [-0.39, 0.29) is 11.9 Å². The molecule has 0 bridgehead atoms. The highest BCUT2D eigenvalue weighted by Crippen LogP contribution is 2.23. The van der Waals surface area contributed by atoms with Crippen LogP contribution >= 0.6 is 0 Å². The van der Waals surface area contributed by atoms with E-state index in [0.29, 0.717) is 24.0 Å². The van der Waals surface area contributed by atoms with Gasteiger partial charge in [0.25, 0.3) is 5.91 Å². The third kappa shape index (κ3) is 3.70. The minimum atomic E-state index is 0.0909. The Morgan fingerprint density at radius 2 is 1.92 bits per heavy atom. The topological polar surface area (TPSA) is 60.9 Å². The van der Waals surface area contributed by atoms with E-state index >= 15 is 0 Å². The fourth-order valence-corrected chi connectivity index (χ4v) is 4.15. The third-order valence-electron chi connectivity index (χ3n) is 5.81. The highest BCUT2D eigenvalue weighted by Gasteiger charge is 2.35. The molecule has 0 radical (unpaired) electrons. The van der Waals surface area contributed by atoms with Gasteiger partial charge in [0.1, 0.15) is 5.82 Å². The molecule has 1 N–H and O–H groups in total. The fourth-order valence-electron chi connectivity index (χ4n) is 4.15. The predicted molar refractivity (Wildman–Crippen MR) is 100 cm³/mol. The minimum Gasteiger partial charge on any atom is -0.378 e. The van der Waals surface area contributed by atoms with Gasteiger partial charge in [0.15, 0.2) is 0 Å². The first kappa shape index (κ1) is 17.7. The van der Waals surface area contributed by atoms with Gasteiger partial charge >= 0.3 is 0 Å². The van der Waals surface area contributed by atoms with Crippen molar-refractivity contribution in [2.45, 2.75) is 24.9 Å². The van der Waals surface area contributed by atoms with Crippen LogP contribution in [0.2, 0.25) is 0 Å². The van der Waals surface area contributed by atoms with E-state index in [0.717, 1.165) is 58.7 Å². The van der Waals surface area contributed by atoms with Crippen LogP contribution in [0, 0.1) is 0 Å². The van der Waals surface area contributed by atoms with Crippen molar-refractivity contribution in [1.29, 1.82) is 0 Å². The molecular formula is C19H29N5O2. The lowest BCUT2D eigenvalue weighted by molar-refractivity contribution is 0.0793. The van der Waals surface area contributed by atoms with Crippen LogP contribution in [-0.4, -0.2) is 97.2 Å². The molecule has 0 saturated carbocycles. The fraction of sp³-hybridized carbons (Fsp3) is 0.684. The number of aromatic nitrogens is 1. The summed E-state index contributed by atoms with van der Waals surface area (Å²) < 4.78 is 5.78. The molecule has 0 aliphatic carbocycles. The molecule has 142 valence electrons. The van der Waals surface area contributed by atoms with Crippen LogP contribution in [0.4, 0.5) is 5.82 Å². The Bertz CT molecular complexity index is 626. The molecule has 3 aliphatic heterocycles. The van der Waals surface area contributed by atoms with Crippen LogP contribution in [0.1, 0.15) is 23.2 Å². The standard InChI is InChI=1S/C19H29N5O2/c1-22-9-11-23(12-10-22)17-14-26-13-16(17)21-18-15(5-4-6-20-18)19(25)24-7-2-3-8-24/h4-6,16-17H,2-3,7-14H2,1H3,(H,20,21)/t16-,17-/m0/s1. The number of carbonyl (C=O) groups excluding carboxylic acids is 1. The first-order valence-electron chi connectivity index (χ1n) is 9.73. The Kier molecular flexibility index (Phi) is 5.38. The molecule has 3 aliphatic rings. The maximum Gasteiger partial charge on any atom is 0.257 e. The lowest BCUT2D eigenvalue weighted by atomic mass is 10.1. The molecule has 0 aromatic carbocycles. The summed E-state index contributed by atoms with van der Waals surface area (Å²) in [4.78, 5) is 24.2. The minimum absolute atomic E-state index is 0.0909. The first-order valence-corrected chi connectivity index (χ1v) is 9.73. The maximum atomic E-state index is 12.9. The number of hydrogen-bond donors (Lipinski definition) is 1. The summed E-state index contributed by atoms with van der Waals surface area (Å²) in [5.74, 6) is 0.784. The molecule has 3 fully saturated rings. The second-order valence-electron chi connectivity index (χ2n) is 7.59. The molecular weight excluding hydrogens is 330 g/mol. The second-order valence-corrected chi connectivity index (χ2v) is 7.59. The van der Waals surface area contributed by atoms with Crippen LogP contribution in [0.5, 0.6) is 0 Å². The molecule has 0 unspecified atom stereocenters. The van der Waals surface area contributed by atoms with Crippen molar-refractivity contribution < 1.29 is 9.53 Å². The number of rotatable bonds is 4. The highest BCUT2D eigenvalue weighted by atomic mass is 16.5. The largest absolute Gasteiger partial charge is 0.378 e. The molecule has 26 heavy (non-hydrogen) atoms. The van der Waals surface area contributed by atoms with Gasteiger partial charge in [-0.05, 0) is 32.0 Å². The van der Waals surface area contributed by atoms with Crippen molar-refractivity contribution in [1.82, 2.24) is 19.7 Å². The molecule has 4 rings (SSSR count). The van der Waals surface area contributed by atoms with Crippen molar-refractivity contribution in [2.75, 3.05) is 64.8 Å². The Morgan fingerprint density at radius 1 is 1.15 bits per heavy atom. The van der Waals surface area contributed by atoms with E-state index in [2.05, 4.69) is 27.1 Å². The third-order valence-corrected chi connectivity index (χ3v) is 5.81. The molecule has 3 saturated heterocycles. The number of ether oxygens (including phenoxy) is 1. The van der Waals surface area contributed by atoms with Crippen molar-refractivity contribution in [3.8, 4) is 0 Å². The number of piperazine rings is 1. The van der Waals surface area contributed by atoms with Gasteiger partial charge in [0, 0.05) is 45.5 Å². The van der Waals surface area contributed by atoms with Crippen LogP contribution in [0.15, 0.2) is 18.3 Å². The number of nitrogens with zero attached hydrogens (tertiary/aromatic N) is 4. The van der Waals surface area contributed by atoms with Gasteiger partial charge in [0.2, 0.25) is 0 Å². The number of amides is 1. The molecule has 0 spiro atoms. The summed E-state index contributed by atoms with van der Waals surface area (Å²) in [5.41, 5.74) is 0.679. The molecule has 7 heteroatoms. The van der Waals surface area contributed by atoms with E-state index in [1.54, 1.807) is 6.20 Å². The van der Waals surface area contributed by atoms with Gasteiger partial charge in [-0.25, -0.2) is 4.98 Å². The average Bonchev–Trinajstić information content (AvgIpc) is 3.34. The van der Waals surface area contributed by atoms with E-state index in [9.17, 15) is 4.79 Å². The number of hydrogen-bond acceptors (Lipinski definition) is 6. The van der Waals surface area contributed by atoms with Crippen molar-refractivity contribution in [3.63, 3.8) is 0 Å². The number of carbonyl (C=O) groups is 1. The lowest BCUT2D eigenvalue weighted by Crippen LogP contribution is -2.54. The van der Waals surface area contributed by atoms with Gasteiger partial charge < -0.3 is 19.9 Å². The Morgan fingerprint density at radius 3 is 2.69 bits per heavy atom. The van der Waals surface area contributed by atoms with Gasteiger partial charge in [-0.3, -0.25) is 9.69 Å². The number of nitrogens with one attached hydrogen (secondary N) is 1. The molecule has 1 amide bonds. The zero-order valence-corrected chi connectivity index (χ0v) is 15.6. The first-order chi connectivity index (χ1) is 12.7. The summed E-state index contributed by atoms with van der Waals surface area (Å²) in [6, 6.07) is 4.23. The molecule has 7 nitrogen and oxygen atoms in total. The Hall–Kier alpha value is -1.70. The van der Waals surface area contributed by atoms with E-state index in [1.807, 2.05) is 17.0 Å². The predicted octanol–water partition coefficient (Wildman–Crippen LogP) is 0.744. The maximum absolute atomic E-state index is 12.9. The average molecular weight is 359 g/mol. The zero-order valence-electron chi connectivity index (χ0n) is 15.6. The van der Waals surface area contributed by atoms with Crippen LogP contribution in [0.3, 0.4) is 0 Å². The van der Waals surface area contributed by atoms with Crippen molar-refractivity contribution in [3.05, 3.63) is 23.9 Å². The number of anilines is 1. The molecule has 1 aromatic rings. The van der Waals surface area contributed by atoms with Crippen molar-refractivity contribution in [2.24, 2.45) is 0 Å². The van der Waals surface area contributed by atoms with Gasteiger partial charge in [-0.15, -0.1) is 0 Å². The number of likely N-dealkylation sites (tertiary alicyclic amines) is 1. The van der Waals surface area contributed by atoms with E-state index < -0.39 is 0 Å². The summed E-state index contributed by atoms with van der Waals surface area (Å²) in [6.07, 6.45) is 3.94. The second kappa shape index (κ2) is 7.90. The van der Waals surface area contributed by atoms with Crippen LogP contribution in [0.25, 0.3) is 0 Å². The summed E-state index contributed by atoms with van der Waals surface area (Å²) in [5, 5.41) is 3.53. The summed E-state index contributed by atoms with van der Waals surface area (Å²) in [7, 11) is 2.17. The normalized spacial score (nSPS) is 27.8. The van der Waals surface area contributed by atoms with Gasteiger partial charge in [-0.1, -0.05) is 0 Å². The van der Waals surface area contributed by atoms with Gasteiger partial charge in [-0.2, -0.15) is 0 Å². The van der Waals surface area contributed by atoms with Crippen molar-refractivity contribution >= 4 is 11.7 Å². The SMILES string of the molecule is CN1CCN([C@H]2COC[C@@H]2Nc2ncccc2C(=O)N2CCCC2)CC1.